The van der Waals surface area contributed by atoms with Crippen molar-refractivity contribution in [2.24, 2.45) is 0 Å². The summed E-state index contributed by atoms with van der Waals surface area (Å²) in [5.41, 5.74) is 1.36. The Hall–Kier alpha value is -2.33. The van der Waals surface area contributed by atoms with E-state index in [-0.39, 0.29) is 11.8 Å². The lowest BCUT2D eigenvalue weighted by molar-refractivity contribution is -0.116. The van der Waals surface area contributed by atoms with E-state index < -0.39 is 0 Å². The molecule has 0 saturated carbocycles. The molecule has 0 radical (unpaired) electrons. The molecule has 1 N–H and O–H groups in total. The third-order valence-electron chi connectivity index (χ3n) is 3.18. The van der Waals surface area contributed by atoms with Crippen LogP contribution in [0.5, 0.6) is 0 Å². The quantitative estimate of drug-likeness (QED) is 0.921. The molecule has 0 spiro atoms. The summed E-state index contributed by atoms with van der Waals surface area (Å²) in [6.45, 7) is 2.26. The summed E-state index contributed by atoms with van der Waals surface area (Å²) < 4.78 is 0. The lowest BCUT2D eigenvalue weighted by Crippen LogP contribution is -2.37. The van der Waals surface area contributed by atoms with Crippen LogP contribution in [0.25, 0.3) is 0 Å². The number of nitrogens with zero attached hydrogens (tertiary/aromatic N) is 1. The number of hydrogen-bond acceptors (Lipinski definition) is 2. The molecule has 114 valence electrons. The summed E-state index contributed by atoms with van der Waals surface area (Å²) in [5.74, 6) is -0.239. The molecule has 0 aliphatic rings. The SMILES string of the molecule is CC(=O)N(CCNC(=O)c1ccccc1)c1ccc(Cl)cc1. The Morgan fingerprint density at radius 2 is 1.68 bits per heavy atom. The van der Waals surface area contributed by atoms with E-state index in [4.69, 9.17) is 11.6 Å². The largest absolute Gasteiger partial charge is 0.350 e. The maximum atomic E-state index is 11.9. The second kappa shape index (κ2) is 7.61. The molecule has 0 aromatic heterocycles. The lowest BCUT2D eigenvalue weighted by Gasteiger charge is -2.21. The van der Waals surface area contributed by atoms with Crippen LogP contribution >= 0.6 is 11.6 Å². The molecular weight excluding hydrogens is 300 g/mol. The van der Waals surface area contributed by atoms with Crippen LogP contribution < -0.4 is 10.2 Å². The van der Waals surface area contributed by atoms with Crippen molar-refractivity contribution in [2.45, 2.75) is 6.92 Å². The number of benzene rings is 2. The highest BCUT2D eigenvalue weighted by atomic mass is 35.5. The van der Waals surface area contributed by atoms with Crippen molar-refractivity contribution < 1.29 is 9.59 Å². The molecule has 0 bridgehead atoms. The van der Waals surface area contributed by atoms with Crippen LogP contribution in [0.2, 0.25) is 5.02 Å². The smallest absolute Gasteiger partial charge is 0.251 e. The Morgan fingerprint density at radius 3 is 2.27 bits per heavy atom. The molecule has 2 aromatic rings. The van der Waals surface area contributed by atoms with Gasteiger partial charge in [-0.15, -0.1) is 0 Å². The van der Waals surface area contributed by atoms with Crippen molar-refractivity contribution in [2.75, 3.05) is 18.0 Å². The second-order valence-electron chi connectivity index (χ2n) is 4.77. The normalized spacial score (nSPS) is 10.1. The Balaban J connectivity index is 1.94. The summed E-state index contributed by atoms with van der Waals surface area (Å²) >= 11 is 5.85. The zero-order chi connectivity index (χ0) is 15.9. The van der Waals surface area contributed by atoms with Gasteiger partial charge in [0.15, 0.2) is 0 Å². The monoisotopic (exact) mass is 316 g/mol. The third kappa shape index (κ3) is 4.33. The molecule has 0 aliphatic heterocycles. The van der Waals surface area contributed by atoms with Crippen LogP contribution in [0.3, 0.4) is 0 Å². The molecule has 22 heavy (non-hydrogen) atoms. The van der Waals surface area contributed by atoms with Crippen LogP contribution in [0, 0.1) is 0 Å². The molecule has 0 unspecified atom stereocenters. The maximum absolute atomic E-state index is 11.9. The molecular formula is C17H17ClN2O2. The highest BCUT2D eigenvalue weighted by Crippen LogP contribution is 2.17. The molecule has 2 rings (SSSR count). The predicted octanol–water partition coefficient (Wildman–Crippen LogP) is 3.12. The molecule has 2 amide bonds. The van der Waals surface area contributed by atoms with Gasteiger partial charge in [-0.3, -0.25) is 9.59 Å². The highest BCUT2D eigenvalue weighted by molar-refractivity contribution is 6.30. The van der Waals surface area contributed by atoms with Gasteiger partial charge in [-0.1, -0.05) is 29.8 Å². The van der Waals surface area contributed by atoms with E-state index >= 15 is 0 Å². The first-order chi connectivity index (χ1) is 10.6. The zero-order valence-corrected chi connectivity index (χ0v) is 13.0. The number of halogens is 1. The first-order valence-corrected chi connectivity index (χ1v) is 7.32. The Labute approximate surface area is 134 Å². The van der Waals surface area contributed by atoms with Crippen molar-refractivity contribution in [3.05, 3.63) is 65.2 Å². The maximum Gasteiger partial charge on any atom is 0.251 e. The van der Waals surface area contributed by atoms with Crippen LogP contribution in [0.15, 0.2) is 54.6 Å². The number of rotatable bonds is 5. The number of carbonyl (C=O) groups excluding carboxylic acids is 2. The molecule has 4 nitrogen and oxygen atoms in total. The first kappa shape index (κ1) is 16.0. The summed E-state index contributed by atoms with van der Waals surface area (Å²) in [7, 11) is 0. The standard InChI is InChI=1S/C17H17ClN2O2/c1-13(21)20(16-9-7-15(18)8-10-16)12-11-19-17(22)14-5-3-2-4-6-14/h2-10H,11-12H2,1H3,(H,19,22). The molecule has 0 heterocycles. The van der Waals surface area contributed by atoms with E-state index in [9.17, 15) is 9.59 Å². The third-order valence-corrected chi connectivity index (χ3v) is 3.43. The van der Waals surface area contributed by atoms with Gasteiger partial charge in [-0.2, -0.15) is 0 Å². The van der Waals surface area contributed by atoms with Gasteiger partial charge in [-0.05, 0) is 36.4 Å². The van der Waals surface area contributed by atoms with E-state index in [2.05, 4.69) is 5.32 Å². The van der Waals surface area contributed by atoms with E-state index in [0.29, 0.717) is 23.7 Å². The fourth-order valence-corrected chi connectivity index (χ4v) is 2.19. The van der Waals surface area contributed by atoms with Crippen molar-refractivity contribution >= 4 is 29.1 Å². The van der Waals surface area contributed by atoms with Gasteiger partial charge in [0.05, 0.1) is 0 Å². The van der Waals surface area contributed by atoms with Gasteiger partial charge in [0, 0.05) is 36.3 Å². The zero-order valence-electron chi connectivity index (χ0n) is 12.3. The lowest BCUT2D eigenvalue weighted by atomic mass is 10.2. The Bertz CT molecular complexity index is 641. The van der Waals surface area contributed by atoms with E-state index in [1.165, 1.54) is 6.92 Å². The average molecular weight is 317 g/mol. The fourth-order valence-electron chi connectivity index (χ4n) is 2.06. The van der Waals surface area contributed by atoms with Gasteiger partial charge >= 0.3 is 0 Å². The molecule has 0 fully saturated rings. The minimum Gasteiger partial charge on any atom is -0.350 e. The van der Waals surface area contributed by atoms with Crippen LogP contribution in [-0.4, -0.2) is 24.9 Å². The minimum atomic E-state index is -0.153. The van der Waals surface area contributed by atoms with Gasteiger partial charge in [-0.25, -0.2) is 0 Å². The van der Waals surface area contributed by atoms with Crippen LogP contribution in [0.1, 0.15) is 17.3 Å². The average Bonchev–Trinajstić information content (AvgIpc) is 2.53. The molecule has 0 aliphatic carbocycles. The van der Waals surface area contributed by atoms with Crippen LogP contribution in [-0.2, 0) is 4.79 Å². The van der Waals surface area contributed by atoms with E-state index in [1.54, 1.807) is 41.3 Å². The number of hydrogen-bond donors (Lipinski definition) is 1. The Morgan fingerprint density at radius 1 is 1.05 bits per heavy atom. The number of carbonyl (C=O) groups is 2. The molecule has 5 heteroatoms. The van der Waals surface area contributed by atoms with Crippen LogP contribution in [0.4, 0.5) is 5.69 Å². The molecule has 2 aromatic carbocycles. The topological polar surface area (TPSA) is 49.4 Å². The van der Waals surface area contributed by atoms with E-state index in [1.807, 2.05) is 18.2 Å². The number of anilines is 1. The summed E-state index contributed by atoms with van der Waals surface area (Å²) in [6, 6.07) is 16.0. The van der Waals surface area contributed by atoms with E-state index in [0.717, 1.165) is 5.69 Å². The van der Waals surface area contributed by atoms with Gasteiger partial charge in [0.1, 0.15) is 0 Å². The van der Waals surface area contributed by atoms with Crippen molar-refractivity contribution in [1.29, 1.82) is 0 Å². The fraction of sp³-hybridized carbons (Fsp3) is 0.176. The van der Waals surface area contributed by atoms with Gasteiger partial charge in [0.2, 0.25) is 5.91 Å². The van der Waals surface area contributed by atoms with Crippen molar-refractivity contribution in [3.8, 4) is 0 Å². The molecule has 0 saturated heterocycles. The first-order valence-electron chi connectivity index (χ1n) is 6.95. The van der Waals surface area contributed by atoms with Gasteiger partial charge in [0.25, 0.3) is 5.91 Å². The minimum absolute atomic E-state index is 0.0868. The van der Waals surface area contributed by atoms with Crippen molar-refractivity contribution in [3.63, 3.8) is 0 Å². The van der Waals surface area contributed by atoms with Gasteiger partial charge < -0.3 is 10.2 Å². The summed E-state index contributed by atoms with van der Waals surface area (Å²) in [4.78, 5) is 25.3. The molecule has 0 atom stereocenters. The summed E-state index contributed by atoms with van der Waals surface area (Å²) in [6.07, 6.45) is 0. The highest BCUT2D eigenvalue weighted by Gasteiger charge is 2.12. The predicted molar refractivity (Wildman–Crippen MR) is 88.3 cm³/mol. The summed E-state index contributed by atoms with van der Waals surface area (Å²) in [5, 5.41) is 3.42. The number of amides is 2. The Kier molecular flexibility index (Phi) is 5.55. The number of nitrogens with one attached hydrogen (secondary N) is 1. The second-order valence-corrected chi connectivity index (χ2v) is 5.21. The van der Waals surface area contributed by atoms with Crippen molar-refractivity contribution in [1.82, 2.24) is 5.32 Å².